The largest absolute Gasteiger partial charge is 0.453 e. The van der Waals surface area contributed by atoms with Gasteiger partial charge in [0.05, 0.1) is 12.4 Å². The van der Waals surface area contributed by atoms with Crippen molar-refractivity contribution >= 4 is 23.2 Å². The smallest absolute Gasteiger partial charge is 0.198 e. The number of hydrogen-bond donors (Lipinski definition) is 2. The van der Waals surface area contributed by atoms with E-state index in [1.54, 1.807) is 6.07 Å². The number of furan rings is 1. The Balaban J connectivity index is 2.37. The molecule has 19 heavy (non-hydrogen) atoms. The minimum Gasteiger partial charge on any atom is -0.453 e. The third-order valence-electron chi connectivity index (χ3n) is 2.96. The molecule has 6 heteroatoms. The summed E-state index contributed by atoms with van der Waals surface area (Å²) in [7, 11) is 0. The minimum atomic E-state index is -0.973. The van der Waals surface area contributed by atoms with Gasteiger partial charge in [0.25, 0.3) is 0 Å². The number of rotatable bonds is 4. The summed E-state index contributed by atoms with van der Waals surface area (Å²) in [4.78, 5) is 0. The maximum Gasteiger partial charge on any atom is 0.198 e. The minimum absolute atomic E-state index is 0.101. The van der Waals surface area contributed by atoms with Crippen LogP contribution in [0.5, 0.6) is 0 Å². The van der Waals surface area contributed by atoms with Crippen LogP contribution in [0.3, 0.4) is 0 Å². The van der Waals surface area contributed by atoms with E-state index in [-0.39, 0.29) is 16.8 Å². The van der Waals surface area contributed by atoms with Crippen LogP contribution < -0.4 is 5.73 Å². The number of aliphatic hydroxyl groups is 1. The Morgan fingerprint density at radius 2 is 2.00 bits per heavy atom. The number of halogens is 3. The fraction of sp³-hybridized carbons (Fsp3) is 0.231. The molecule has 0 aliphatic carbocycles. The van der Waals surface area contributed by atoms with Gasteiger partial charge in [-0.25, -0.2) is 4.39 Å². The number of benzene rings is 1. The Morgan fingerprint density at radius 1 is 1.26 bits per heavy atom. The van der Waals surface area contributed by atoms with Crippen molar-refractivity contribution in [3.05, 3.63) is 57.7 Å². The van der Waals surface area contributed by atoms with Crippen molar-refractivity contribution in [3.8, 4) is 0 Å². The molecule has 0 saturated carbocycles. The SMILES string of the molecule is NCC(c1ccc(F)cc1Cl)C(O)c1ccoc1Cl. The first-order valence-electron chi connectivity index (χ1n) is 5.60. The maximum absolute atomic E-state index is 13.0. The van der Waals surface area contributed by atoms with E-state index in [9.17, 15) is 9.50 Å². The molecule has 102 valence electrons. The summed E-state index contributed by atoms with van der Waals surface area (Å²) < 4.78 is 18.0. The third-order valence-corrected chi connectivity index (χ3v) is 3.60. The Bertz CT molecular complexity index is 574. The van der Waals surface area contributed by atoms with Gasteiger partial charge in [0.1, 0.15) is 5.82 Å². The lowest BCUT2D eigenvalue weighted by atomic mass is 9.90. The van der Waals surface area contributed by atoms with Gasteiger partial charge in [-0.15, -0.1) is 0 Å². The standard InChI is InChI=1S/C13H12Cl2FNO2/c14-11-5-7(16)1-2-8(11)10(6-17)12(18)9-3-4-19-13(9)15/h1-5,10,12,18H,6,17H2. The molecule has 2 rings (SSSR count). The van der Waals surface area contributed by atoms with Crippen LogP contribution in [0.2, 0.25) is 10.2 Å². The highest BCUT2D eigenvalue weighted by Crippen LogP contribution is 2.37. The van der Waals surface area contributed by atoms with Crippen LogP contribution in [0.1, 0.15) is 23.1 Å². The Labute approximate surface area is 119 Å². The molecule has 1 aromatic carbocycles. The highest BCUT2D eigenvalue weighted by atomic mass is 35.5. The van der Waals surface area contributed by atoms with Gasteiger partial charge in [0.2, 0.25) is 0 Å². The Hall–Kier alpha value is -1.07. The average molecular weight is 304 g/mol. The zero-order valence-corrected chi connectivity index (χ0v) is 11.3. The van der Waals surface area contributed by atoms with Crippen molar-refractivity contribution in [2.75, 3.05) is 6.54 Å². The van der Waals surface area contributed by atoms with Crippen LogP contribution in [0.4, 0.5) is 4.39 Å². The monoisotopic (exact) mass is 303 g/mol. The van der Waals surface area contributed by atoms with Gasteiger partial charge in [0, 0.05) is 23.0 Å². The van der Waals surface area contributed by atoms with Crippen molar-refractivity contribution in [1.29, 1.82) is 0 Å². The molecule has 2 atom stereocenters. The van der Waals surface area contributed by atoms with Gasteiger partial charge in [-0.3, -0.25) is 0 Å². The van der Waals surface area contributed by atoms with Crippen LogP contribution in [0, 0.1) is 5.82 Å². The molecule has 0 spiro atoms. The summed E-state index contributed by atoms with van der Waals surface area (Å²) in [6, 6.07) is 5.52. The number of nitrogens with two attached hydrogens (primary N) is 1. The van der Waals surface area contributed by atoms with Crippen LogP contribution >= 0.6 is 23.2 Å². The molecule has 0 amide bonds. The predicted octanol–water partition coefficient (Wildman–Crippen LogP) is 3.50. The second-order valence-corrected chi connectivity index (χ2v) is 4.85. The van der Waals surface area contributed by atoms with Gasteiger partial charge in [0.15, 0.2) is 5.22 Å². The van der Waals surface area contributed by atoms with Crippen molar-refractivity contribution in [1.82, 2.24) is 0 Å². The second kappa shape index (κ2) is 5.92. The molecule has 1 heterocycles. The molecule has 0 bridgehead atoms. The molecule has 2 unspecified atom stereocenters. The average Bonchev–Trinajstić information content (AvgIpc) is 2.78. The first-order chi connectivity index (χ1) is 9.04. The lowest BCUT2D eigenvalue weighted by molar-refractivity contribution is 0.147. The zero-order chi connectivity index (χ0) is 14.0. The molecule has 0 fully saturated rings. The molecule has 3 N–H and O–H groups in total. The van der Waals surface area contributed by atoms with Crippen LogP contribution in [-0.4, -0.2) is 11.7 Å². The van der Waals surface area contributed by atoms with E-state index in [2.05, 4.69) is 0 Å². The van der Waals surface area contributed by atoms with Crippen molar-refractivity contribution in [3.63, 3.8) is 0 Å². The van der Waals surface area contributed by atoms with Gasteiger partial charge in [-0.2, -0.15) is 0 Å². The third kappa shape index (κ3) is 2.92. The van der Waals surface area contributed by atoms with Crippen molar-refractivity contribution in [2.24, 2.45) is 5.73 Å². The highest BCUT2D eigenvalue weighted by molar-refractivity contribution is 6.31. The van der Waals surface area contributed by atoms with Gasteiger partial charge >= 0.3 is 0 Å². The first kappa shape index (κ1) is 14.3. The Kier molecular flexibility index (Phi) is 4.47. The lowest BCUT2D eigenvalue weighted by Gasteiger charge is -2.22. The van der Waals surface area contributed by atoms with E-state index >= 15 is 0 Å². The summed E-state index contributed by atoms with van der Waals surface area (Å²) in [5, 5.41) is 10.6. The van der Waals surface area contributed by atoms with E-state index < -0.39 is 17.8 Å². The van der Waals surface area contributed by atoms with Crippen LogP contribution in [-0.2, 0) is 0 Å². The van der Waals surface area contributed by atoms with Crippen LogP contribution in [0.15, 0.2) is 34.9 Å². The summed E-state index contributed by atoms with van der Waals surface area (Å²) >= 11 is 11.8. The summed E-state index contributed by atoms with van der Waals surface area (Å²) in [5.41, 5.74) is 6.68. The molecule has 0 saturated heterocycles. The molecule has 3 nitrogen and oxygen atoms in total. The summed E-state index contributed by atoms with van der Waals surface area (Å²) in [6.07, 6.45) is 0.403. The molecule has 1 aromatic heterocycles. The van der Waals surface area contributed by atoms with Gasteiger partial charge in [-0.05, 0) is 35.4 Å². The fourth-order valence-corrected chi connectivity index (χ4v) is 2.49. The number of hydrogen-bond acceptors (Lipinski definition) is 3. The molecular weight excluding hydrogens is 292 g/mol. The van der Waals surface area contributed by atoms with E-state index in [1.807, 2.05) is 0 Å². The fourth-order valence-electron chi connectivity index (χ4n) is 1.96. The van der Waals surface area contributed by atoms with E-state index in [4.69, 9.17) is 33.4 Å². The molecule has 0 radical (unpaired) electrons. The molecule has 2 aromatic rings. The summed E-state index contributed by atoms with van der Waals surface area (Å²) in [5.74, 6) is -0.941. The second-order valence-electron chi connectivity index (χ2n) is 4.10. The molecule has 0 aliphatic rings. The molecule has 0 aliphatic heterocycles. The van der Waals surface area contributed by atoms with Crippen molar-refractivity contribution in [2.45, 2.75) is 12.0 Å². The lowest BCUT2D eigenvalue weighted by Crippen LogP contribution is -2.20. The highest BCUT2D eigenvalue weighted by Gasteiger charge is 2.26. The van der Waals surface area contributed by atoms with E-state index in [0.717, 1.165) is 0 Å². The molecular formula is C13H12Cl2FNO2. The maximum atomic E-state index is 13.0. The predicted molar refractivity (Wildman–Crippen MR) is 71.9 cm³/mol. The van der Waals surface area contributed by atoms with Gasteiger partial charge < -0.3 is 15.3 Å². The topological polar surface area (TPSA) is 59.4 Å². The number of aliphatic hydroxyl groups excluding tert-OH is 1. The van der Waals surface area contributed by atoms with Gasteiger partial charge in [-0.1, -0.05) is 17.7 Å². The first-order valence-corrected chi connectivity index (χ1v) is 6.36. The quantitative estimate of drug-likeness (QED) is 0.909. The Morgan fingerprint density at radius 3 is 2.53 bits per heavy atom. The normalized spacial score (nSPS) is 14.4. The van der Waals surface area contributed by atoms with Crippen LogP contribution in [0.25, 0.3) is 0 Å². The van der Waals surface area contributed by atoms with E-state index in [1.165, 1.54) is 24.5 Å². The van der Waals surface area contributed by atoms with E-state index in [0.29, 0.717) is 11.1 Å². The zero-order valence-electron chi connectivity index (χ0n) is 9.82. The van der Waals surface area contributed by atoms with Crippen molar-refractivity contribution < 1.29 is 13.9 Å². The summed E-state index contributed by atoms with van der Waals surface area (Å²) in [6.45, 7) is 0.133.